The molecule has 0 radical (unpaired) electrons. The fourth-order valence-corrected chi connectivity index (χ4v) is 2.84. The molecule has 0 bridgehead atoms. The molecule has 0 aromatic heterocycles. The monoisotopic (exact) mass is 506 g/mol. The van der Waals surface area contributed by atoms with Crippen LogP contribution in [0.25, 0.3) is 6.08 Å². The van der Waals surface area contributed by atoms with Gasteiger partial charge in [-0.15, -0.1) is 6.58 Å². The number of ketones is 1. The van der Waals surface area contributed by atoms with Gasteiger partial charge >= 0.3 is 18.4 Å². The number of esters is 2. The maximum atomic E-state index is 12.7. The van der Waals surface area contributed by atoms with E-state index in [1.165, 1.54) is 6.08 Å². The van der Waals surface area contributed by atoms with Gasteiger partial charge < -0.3 is 14.2 Å². The van der Waals surface area contributed by atoms with Gasteiger partial charge in [-0.05, 0) is 83.0 Å². The maximum Gasteiger partial charge on any atom is 0.410 e. The van der Waals surface area contributed by atoms with Crippen LogP contribution in [0, 0.1) is 10.8 Å². The topological polar surface area (TPSA) is 78.9 Å². The van der Waals surface area contributed by atoms with E-state index >= 15 is 0 Å². The molecule has 0 aliphatic heterocycles. The average Bonchev–Trinajstić information content (AvgIpc) is 2.81. The molecule has 0 heterocycles. The van der Waals surface area contributed by atoms with Crippen molar-refractivity contribution in [3.63, 3.8) is 0 Å². The van der Waals surface area contributed by atoms with Gasteiger partial charge in [-0.2, -0.15) is 0 Å². The second-order valence-corrected chi connectivity index (χ2v) is 11.5. The summed E-state index contributed by atoms with van der Waals surface area (Å²) in [5, 5.41) is 0. The highest BCUT2D eigenvalue weighted by Gasteiger charge is 2.32. The van der Waals surface area contributed by atoms with Gasteiger partial charge in [0.25, 0.3) is 0 Å². The SMILES string of the molecule is C=CC(C)(C)c1cccc(C=CC(=O)c2ccc(OC(OC(=O)C(C)(C)C)OC(=O)C(C)(C)C)cc2)c1. The number of rotatable bonds is 9. The van der Waals surface area contributed by atoms with Crippen molar-refractivity contribution in [2.45, 2.75) is 67.3 Å². The number of carbonyl (C=O) groups excluding carboxylic acids is 3. The molecule has 0 fully saturated rings. The van der Waals surface area contributed by atoms with Gasteiger partial charge in [-0.25, -0.2) is 0 Å². The molecule has 0 N–H and O–H groups in total. The van der Waals surface area contributed by atoms with Gasteiger partial charge in [0.05, 0.1) is 10.8 Å². The van der Waals surface area contributed by atoms with Crippen LogP contribution in [0.5, 0.6) is 5.75 Å². The molecule has 2 aromatic rings. The summed E-state index contributed by atoms with van der Waals surface area (Å²) in [6.45, 7) is 16.6. The van der Waals surface area contributed by atoms with E-state index in [0.717, 1.165) is 11.1 Å². The highest BCUT2D eigenvalue weighted by Crippen LogP contribution is 2.26. The zero-order valence-electron chi connectivity index (χ0n) is 23.1. The summed E-state index contributed by atoms with van der Waals surface area (Å²) in [4.78, 5) is 37.5. The lowest BCUT2D eigenvalue weighted by atomic mass is 9.84. The summed E-state index contributed by atoms with van der Waals surface area (Å²) in [5.41, 5.74) is 0.640. The van der Waals surface area contributed by atoms with Gasteiger partial charge in [0.15, 0.2) is 5.78 Å². The van der Waals surface area contributed by atoms with Crippen LogP contribution in [0.4, 0.5) is 0 Å². The predicted octanol–water partition coefficient (Wildman–Crippen LogP) is 6.89. The zero-order chi connectivity index (χ0) is 28.0. The van der Waals surface area contributed by atoms with Crippen LogP contribution in [0.15, 0.2) is 67.3 Å². The third-order valence-electron chi connectivity index (χ3n) is 5.57. The van der Waals surface area contributed by atoms with Gasteiger partial charge in [0, 0.05) is 11.0 Å². The number of ether oxygens (including phenoxy) is 3. The number of hydrogen-bond donors (Lipinski definition) is 0. The Bertz CT molecular complexity index is 1130. The summed E-state index contributed by atoms with van der Waals surface area (Å²) >= 11 is 0. The Balaban J connectivity index is 2.15. The third kappa shape index (κ3) is 8.74. The molecule has 0 aliphatic carbocycles. The van der Waals surface area contributed by atoms with Gasteiger partial charge in [-0.3, -0.25) is 14.4 Å². The molecule has 0 atom stereocenters. The highest BCUT2D eigenvalue weighted by molar-refractivity contribution is 6.06. The standard InChI is InChI=1S/C31H38O6/c1-10-31(8,9)23-13-11-12-21(20-23)14-19-25(32)22-15-17-24(18-16-22)35-28(36-26(33)29(2,3)4)37-27(34)30(5,6)7/h10-20,28H,1H2,2-9H3. The molecule has 0 amide bonds. The van der Waals surface area contributed by atoms with Crippen molar-refractivity contribution >= 4 is 23.8 Å². The fraction of sp³-hybridized carbons (Fsp3) is 0.387. The Morgan fingerprint density at radius 2 is 1.35 bits per heavy atom. The molecule has 0 saturated heterocycles. The summed E-state index contributed by atoms with van der Waals surface area (Å²) < 4.78 is 16.2. The lowest BCUT2D eigenvalue weighted by Gasteiger charge is -2.25. The van der Waals surface area contributed by atoms with Gasteiger partial charge in [-0.1, -0.05) is 50.3 Å². The third-order valence-corrected chi connectivity index (χ3v) is 5.57. The van der Waals surface area contributed by atoms with Gasteiger partial charge in [0.1, 0.15) is 5.75 Å². The van der Waals surface area contributed by atoms with Crippen molar-refractivity contribution in [1.82, 2.24) is 0 Å². The summed E-state index contributed by atoms with van der Waals surface area (Å²) in [7, 11) is 0. The van der Waals surface area contributed by atoms with E-state index in [0.29, 0.717) is 5.56 Å². The molecular weight excluding hydrogens is 468 g/mol. The first-order chi connectivity index (χ1) is 17.0. The van der Waals surface area contributed by atoms with Gasteiger partial charge in [0.2, 0.25) is 0 Å². The normalized spacial score (nSPS) is 12.4. The number of hydrogen-bond acceptors (Lipinski definition) is 6. The van der Waals surface area contributed by atoms with Crippen LogP contribution in [0.2, 0.25) is 0 Å². The molecule has 6 heteroatoms. The molecule has 2 rings (SSSR count). The van der Waals surface area contributed by atoms with Crippen LogP contribution in [0.1, 0.15) is 76.9 Å². The smallest absolute Gasteiger partial charge is 0.410 e. The van der Waals surface area contributed by atoms with Crippen LogP contribution < -0.4 is 4.74 Å². The van der Waals surface area contributed by atoms with Crippen LogP contribution in [-0.4, -0.2) is 24.2 Å². The fourth-order valence-electron chi connectivity index (χ4n) is 2.84. The van der Waals surface area contributed by atoms with Crippen LogP contribution >= 0.6 is 0 Å². The maximum absolute atomic E-state index is 12.7. The van der Waals surface area contributed by atoms with Crippen molar-refractivity contribution < 1.29 is 28.6 Å². The Morgan fingerprint density at radius 1 is 0.811 bits per heavy atom. The summed E-state index contributed by atoms with van der Waals surface area (Å²) in [6, 6.07) is 14.2. The first-order valence-corrected chi connectivity index (χ1v) is 12.2. The molecule has 0 spiro atoms. The van der Waals surface area contributed by atoms with E-state index in [1.54, 1.807) is 71.9 Å². The van der Waals surface area contributed by atoms with E-state index in [-0.39, 0.29) is 16.9 Å². The second-order valence-electron chi connectivity index (χ2n) is 11.5. The Kier molecular flexibility index (Phi) is 9.26. The quantitative estimate of drug-likeness (QED) is 0.121. The molecular formula is C31H38O6. The zero-order valence-corrected chi connectivity index (χ0v) is 23.1. The summed E-state index contributed by atoms with van der Waals surface area (Å²) in [6.07, 6.45) is 5.17. The lowest BCUT2D eigenvalue weighted by molar-refractivity contribution is -0.244. The minimum absolute atomic E-state index is 0.177. The predicted molar refractivity (Wildman–Crippen MR) is 145 cm³/mol. The number of carbonyl (C=O) groups is 3. The molecule has 6 nitrogen and oxygen atoms in total. The van der Waals surface area contributed by atoms with E-state index in [9.17, 15) is 14.4 Å². The molecule has 37 heavy (non-hydrogen) atoms. The Morgan fingerprint density at radius 3 is 1.84 bits per heavy atom. The minimum Gasteiger partial charge on any atom is -0.423 e. The Labute approximate surface area is 220 Å². The van der Waals surface area contributed by atoms with Crippen molar-refractivity contribution in [2.75, 3.05) is 0 Å². The van der Waals surface area contributed by atoms with E-state index in [4.69, 9.17) is 14.2 Å². The second kappa shape index (κ2) is 11.6. The molecule has 0 saturated carbocycles. The average molecular weight is 507 g/mol. The van der Waals surface area contributed by atoms with E-state index in [2.05, 4.69) is 20.4 Å². The minimum atomic E-state index is -1.56. The first-order valence-electron chi connectivity index (χ1n) is 12.2. The molecule has 2 aromatic carbocycles. The first kappa shape index (κ1) is 29.6. The van der Waals surface area contributed by atoms with Crippen molar-refractivity contribution in [2.24, 2.45) is 10.8 Å². The Hall–Kier alpha value is -3.67. The van der Waals surface area contributed by atoms with Crippen LogP contribution in [-0.2, 0) is 24.5 Å². The molecule has 198 valence electrons. The van der Waals surface area contributed by atoms with E-state index in [1.807, 2.05) is 30.3 Å². The highest BCUT2D eigenvalue weighted by atomic mass is 16.9. The molecule has 0 aliphatic rings. The largest absolute Gasteiger partial charge is 0.423 e. The van der Waals surface area contributed by atoms with Crippen LogP contribution in [0.3, 0.4) is 0 Å². The van der Waals surface area contributed by atoms with Crippen molar-refractivity contribution in [3.8, 4) is 5.75 Å². The van der Waals surface area contributed by atoms with Crippen molar-refractivity contribution in [1.29, 1.82) is 0 Å². The summed E-state index contributed by atoms with van der Waals surface area (Å²) in [5.74, 6) is -1.09. The number of allylic oxidation sites excluding steroid dienone is 2. The molecule has 0 unspecified atom stereocenters. The number of benzene rings is 2. The van der Waals surface area contributed by atoms with E-state index < -0.39 is 29.2 Å². The lowest BCUT2D eigenvalue weighted by Crippen LogP contribution is -2.37. The van der Waals surface area contributed by atoms with Crippen molar-refractivity contribution in [3.05, 3.63) is 84.0 Å².